The number of aliphatic hydroxyl groups is 11. The van der Waals surface area contributed by atoms with Crippen LogP contribution in [0.1, 0.15) is 194 Å². The smallest absolute Gasteiger partial charge is 0.334 e. The van der Waals surface area contributed by atoms with Gasteiger partial charge in [0.25, 0.3) is 0 Å². The second kappa shape index (κ2) is 38.6. The van der Waals surface area contributed by atoms with Crippen molar-refractivity contribution in [2.45, 2.75) is 298 Å². The van der Waals surface area contributed by atoms with Gasteiger partial charge in [0.1, 0.15) is 79.4 Å². The first kappa shape index (κ1) is 66.3. The van der Waals surface area contributed by atoms with E-state index in [2.05, 4.69) is 19.2 Å². The Bertz CT molecular complexity index is 1480. The van der Waals surface area contributed by atoms with Crippen molar-refractivity contribution in [3.05, 3.63) is 12.2 Å². The van der Waals surface area contributed by atoms with Gasteiger partial charge in [-0.2, -0.15) is 0 Å². The highest BCUT2D eigenvalue weighted by Crippen LogP contribution is 2.33. The molecule has 1 amide bonds. The van der Waals surface area contributed by atoms with E-state index in [1.165, 1.54) is 115 Å². The summed E-state index contributed by atoms with van der Waals surface area (Å²) in [6.45, 7) is 1.86. The zero-order valence-corrected chi connectivity index (χ0v) is 44.6. The zero-order valence-electron chi connectivity index (χ0n) is 44.6. The van der Waals surface area contributed by atoms with E-state index in [1.807, 2.05) is 0 Å². The molecule has 3 rings (SSSR count). The van der Waals surface area contributed by atoms with Gasteiger partial charge in [-0.05, 0) is 19.3 Å². The molecule has 3 fully saturated rings. The fraction of sp³-hybridized carbons (Fsp3) is 0.926. The van der Waals surface area contributed by atoms with Crippen LogP contribution in [0.4, 0.5) is 0 Å². The molecule has 74 heavy (non-hydrogen) atoms. The number of unbranched alkanes of at least 4 members (excludes halogenated alkanes) is 25. The number of hydrogen-bond acceptors (Lipinski definition) is 19. The van der Waals surface area contributed by atoms with Crippen LogP contribution < -0.4 is 5.32 Å². The molecule has 0 aromatic heterocycles. The largest absolute Gasteiger partial charge is 0.431 e. The number of nitrogens with one attached hydrogen (secondary N) is 1. The number of amides is 1. The van der Waals surface area contributed by atoms with E-state index in [0.717, 1.165) is 51.4 Å². The average Bonchev–Trinajstić information content (AvgIpc) is 3.39. The van der Waals surface area contributed by atoms with E-state index in [1.54, 1.807) is 6.08 Å². The quantitative estimate of drug-likeness (QED) is 0.0238. The molecule has 0 aromatic carbocycles. The Balaban J connectivity index is 1.57. The maximum absolute atomic E-state index is 13.8. The van der Waals surface area contributed by atoms with Gasteiger partial charge >= 0.3 is 5.97 Å². The number of hydrogen-bond donors (Lipinski definition) is 12. The Kier molecular flexibility index (Phi) is 34.6. The molecule has 0 spiro atoms. The molecule has 434 valence electrons. The van der Waals surface area contributed by atoms with E-state index < -0.39 is 136 Å². The number of allylic oxidation sites excluding steroid dienone is 1. The van der Waals surface area contributed by atoms with Crippen molar-refractivity contribution in [1.82, 2.24) is 5.32 Å². The molecule has 0 aromatic rings. The van der Waals surface area contributed by atoms with Gasteiger partial charge in [0.15, 0.2) is 18.6 Å². The Hall–Kier alpha value is -1.96. The summed E-state index contributed by atoms with van der Waals surface area (Å²) in [6.07, 6.45) is 5.60. The molecule has 0 radical (unpaired) electrons. The third-order valence-corrected chi connectivity index (χ3v) is 14.5. The third kappa shape index (κ3) is 23.2. The van der Waals surface area contributed by atoms with Gasteiger partial charge in [0.2, 0.25) is 12.2 Å². The molecule has 0 aliphatic carbocycles. The van der Waals surface area contributed by atoms with Crippen molar-refractivity contribution in [3.8, 4) is 0 Å². The summed E-state index contributed by atoms with van der Waals surface area (Å²) in [5, 5.41) is 119. The summed E-state index contributed by atoms with van der Waals surface area (Å²) >= 11 is 0. The Morgan fingerprint density at radius 1 is 0.473 bits per heavy atom. The van der Waals surface area contributed by atoms with Crippen LogP contribution in [-0.2, 0) is 38.0 Å². The van der Waals surface area contributed by atoms with E-state index in [0.29, 0.717) is 12.8 Å². The summed E-state index contributed by atoms with van der Waals surface area (Å²) in [7, 11) is 0. The summed E-state index contributed by atoms with van der Waals surface area (Å²) in [5.74, 6) is -1.69. The van der Waals surface area contributed by atoms with Crippen LogP contribution in [0.3, 0.4) is 0 Å². The third-order valence-electron chi connectivity index (χ3n) is 14.5. The van der Waals surface area contributed by atoms with Gasteiger partial charge in [0, 0.05) is 6.42 Å². The van der Waals surface area contributed by atoms with Gasteiger partial charge in [-0.25, -0.2) is 4.79 Å². The van der Waals surface area contributed by atoms with Crippen LogP contribution in [0.5, 0.6) is 0 Å². The van der Waals surface area contributed by atoms with E-state index in [9.17, 15) is 65.8 Å². The predicted octanol–water partition coefficient (Wildman–Crippen LogP) is 3.34. The second-order valence-electron chi connectivity index (χ2n) is 20.7. The van der Waals surface area contributed by atoms with Gasteiger partial charge in [-0.15, -0.1) is 0 Å². The molecular weight excluding hydrogens is 967 g/mol. The minimum absolute atomic E-state index is 0.0889. The molecule has 0 saturated carbocycles. The standard InChI is InChI=1S/C54H99NO19/c1-3-5-7-9-11-13-15-17-18-20-22-24-26-28-30-32-40(60)55-41(36(59)31-29-27-25-23-21-19-16-14-12-10-8-6-4-2)51(68)74-54-48(67)45(64)50(39(35-58)71-54)73-53-47(66)44(63)49(38(34-57)70-53)72-52-46(65)43(62)42(61)37(33-56)69-52/h29,31,36-39,41-50,52-54,56-59,61-67H,3-28,30,32-35H2,1-2H3,(H,55,60)/b31-29+/t36-,37-,38-,39-,41+,42+,43+,44-,45-,46-,47-,48-,49+,50-,52-,53+,54+/m1/s1. The van der Waals surface area contributed by atoms with Crippen LogP contribution >= 0.6 is 0 Å². The van der Waals surface area contributed by atoms with Gasteiger partial charge in [-0.3, -0.25) is 4.79 Å². The van der Waals surface area contributed by atoms with Crippen molar-refractivity contribution in [1.29, 1.82) is 0 Å². The molecule has 3 aliphatic heterocycles. The van der Waals surface area contributed by atoms with Gasteiger partial charge in [0.05, 0.1) is 19.8 Å². The highest BCUT2D eigenvalue weighted by molar-refractivity contribution is 5.85. The fourth-order valence-electron chi connectivity index (χ4n) is 9.79. The molecular formula is C54H99NO19. The normalized spacial score (nSPS) is 31.4. The van der Waals surface area contributed by atoms with Crippen LogP contribution in [-0.4, -0.2) is 192 Å². The Morgan fingerprint density at radius 2 is 0.838 bits per heavy atom. The summed E-state index contributed by atoms with van der Waals surface area (Å²) in [5.41, 5.74) is 0. The van der Waals surface area contributed by atoms with Crippen molar-refractivity contribution in [2.75, 3.05) is 19.8 Å². The molecule has 12 N–H and O–H groups in total. The Morgan fingerprint density at radius 3 is 1.27 bits per heavy atom. The molecule has 20 nitrogen and oxygen atoms in total. The monoisotopic (exact) mass is 1070 g/mol. The van der Waals surface area contributed by atoms with E-state index in [4.69, 9.17) is 28.4 Å². The SMILES string of the molecule is CCCCCCCCCCCCC/C=C/[C@@H](O)[C@H](NC(=O)CCCCCCCCCCCCCCCCC)C(=O)O[C@@H]1O[C@H](CO)[C@@H](O[C@@H]2O[C@H](CO)[C@H](O[C@H]3O[C@H](CO)[C@H](O)[C@H](O)[C@H]3O)[C@H](O)[C@H]2O)[C@H](O)[C@H]1O. The molecule has 3 aliphatic rings. The number of rotatable bonds is 40. The van der Waals surface area contributed by atoms with Gasteiger partial charge < -0.3 is 89.9 Å². The van der Waals surface area contributed by atoms with E-state index in [-0.39, 0.29) is 6.42 Å². The lowest BCUT2D eigenvalue weighted by Crippen LogP contribution is -2.66. The van der Waals surface area contributed by atoms with Crippen molar-refractivity contribution < 1.29 is 94.2 Å². The van der Waals surface area contributed by atoms with Crippen LogP contribution in [0.2, 0.25) is 0 Å². The minimum atomic E-state index is -2.07. The molecule has 3 heterocycles. The van der Waals surface area contributed by atoms with Crippen LogP contribution in [0.15, 0.2) is 12.2 Å². The zero-order chi connectivity index (χ0) is 54.3. The molecule has 0 bridgehead atoms. The van der Waals surface area contributed by atoms with Crippen molar-refractivity contribution >= 4 is 11.9 Å². The number of carbonyl (C=O) groups excluding carboxylic acids is 2. The predicted molar refractivity (Wildman–Crippen MR) is 273 cm³/mol. The highest BCUT2D eigenvalue weighted by Gasteiger charge is 2.54. The first-order valence-corrected chi connectivity index (χ1v) is 28.4. The average molecular weight is 1070 g/mol. The maximum Gasteiger partial charge on any atom is 0.334 e. The fourth-order valence-corrected chi connectivity index (χ4v) is 9.79. The van der Waals surface area contributed by atoms with Gasteiger partial charge in [-0.1, -0.05) is 180 Å². The first-order chi connectivity index (χ1) is 35.7. The summed E-state index contributed by atoms with van der Waals surface area (Å²) in [6, 6.07) is -1.64. The van der Waals surface area contributed by atoms with E-state index >= 15 is 0 Å². The minimum Gasteiger partial charge on any atom is -0.431 e. The molecule has 17 atom stereocenters. The maximum atomic E-state index is 13.8. The lowest BCUT2D eigenvalue weighted by molar-refractivity contribution is -0.378. The number of esters is 1. The summed E-state index contributed by atoms with van der Waals surface area (Å²) < 4.78 is 33.5. The number of ether oxygens (including phenoxy) is 6. The number of carbonyl (C=O) groups is 2. The molecule has 3 saturated heterocycles. The van der Waals surface area contributed by atoms with Crippen molar-refractivity contribution in [2.24, 2.45) is 0 Å². The lowest BCUT2D eigenvalue weighted by Gasteiger charge is -2.48. The molecule has 20 heteroatoms. The topological polar surface area (TPSA) is 324 Å². The first-order valence-electron chi connectivity index (χ1n) is 28.4. The Labute approximate surface area is 440 Å². The molecule has 0 unspecified atom stereocenters. The van der Waals surface area contributed by atoms with Crippen LogP contribution in [0.25, 0.3) is 0 Å². The van der Waals surface area contributed by atoms with Crippen molar-refractivity contribution in [3.63, 3.8) is 0 Å². The highest BCUT2D eigenvalue weighted by atomic mass is 16.8. The number of aliphatic hydroxyl groups excluding tert-OH is 11. The second-order valence-corrected chi connectivity index (χ2v) is 20.7. The summed E-state index contributed by atoms with van der Waals surface area (Å²) in [4.78, 5) is 27.1. The van der Waals surface area contributed by atoms with Crippen LogP contribution in [0, 0.1) is 0 Å². The lowest BCUT2D eigenvalue weighted by atomic mass is 9.96.